The van der Waals surface area contributed by atoms with Crippen molar-refractivity contribution in [2.24, 2.45) is 7.05 Å². The van der Waals surface area contributed by atoms with Gasteiger partial charge in [-0.1, -0.05) is 12.8 Å². The maximum absolute atomic E-state index is 4.36. The number of hydrogen-bond donors (Lipinski definition) is 0. The zero-order chi connectivity index (χ0) is 7.68. The molecule has 2 nitrogen and oxygen atoms in total. The molecule has 0 bridgehead atoms. The van der Waals surface area contributed by atoms with Crippen LogP contribution in [0.4, 0.5) is 0 Å². The van der Waals surface area contributed by atoms with E-state index in [1.54, 1.807) is 0 Å². The molecular formula is C9H14N2. The molecule has 0 aliphatic heterocycles. The molecule has 1 aromatic heterocycles. The highest BCUT2D eigenvalue weighted by Gasteiger charge is 2.18. The average Bonchev–Trinajstić information content (AvgIpc) is 2.55. The molecule has 2 rings (SSSR count). The molecule has 1 aromatic rings. The van der Waals surface area contributed by atoms with E-state index in [0.717, 1.165) is 5.92 Å². The van der Waals surface area contributed by atoms with Crippen LogP contribution >= 0.6 is 0 Å². The van der Waals surface area contributed by atoms with Crippen molar-refractivity contribution in [2.45, 2.75) is 31.6 Å². The molecule has 0 spiro atoms. The summed E-state index contributed by atoms with van der Waals surface area (Å²) in [4.78, 5) is 4.36. The summed E-state index contributed by atoms with van der Waals surface area (Å²) in [5.74, 6) is 0.760. The Labute approximate surface area is 67.3 Å². The van der Waals surface area contributed by atoms with Crippen LogP contribution in [0.3, 0.4) is 0 Å². The van der Waals surface area contributed by atoms with E-state index < -0.39 is 0 Å². The van der Waals surface area contributed by atoms with E-state index in [1.807, 2.05) is 17.9 Å². The molecule has 0 radical (unpaired) electrons. The number of aryl methyl sites for hydroxylation is 1. The lowest BCUT2D eigenvalue weighted by Gasteiger charge is -2.02. The summed E-state index contributed by atoms with van der Waals surface area (Å²) in [5, 5.41) is 0. The van der Waals surface area contributed by atoms with Crippen molar-refractivity contribution >= 4 is 0 Å². The first kappa shape index (κ1) is 6.89. The molecule has 1 aliphatic rings. The van der Waals surface area contributed by atoms with Crippen LogP contribution in [-0.2, 0) is 7.05 Å². The van der Waals surface area contributed by atoms with E-state index in [2.05, 4.69) is 11.2 Å². The Morgan fingerprint density at radius 3 is 2.73 bits per heavy atom. The Balaban J connectivity index is 2.15. The molecule has 2 heteroatoms. The molecule has 0 unspecified atom stereocenters. The predicted octanol–water partition coefficient (Wildman–Crippen LogP) is 2.08. The molecule has 1 fully saturated rings. The number of imidazole rings is 1. The third-order valence-corrected chi connectivity index (χ3v) is 2.50. The monoisotopic (exact) mass is 150 g/mol. The first-order valence-corrected chi connectivity index (χ1v) is 4.34. The van der Waals surface area contributed by atoms with Crippen LogP contribution < -0.4 is 0 Å². The van der Waals surface area contributed by atoms with Gasteiger partial charge in [0.05, 0.1) is 12.0 Å². The number of hydrogen-bond acceptors (Lipinski definition) is 1. The fourth-order valence-corrected chi connectivity index (χ4v) is 1.87. The minimum Gasteiger partial charge on any atom is -0.340 e. The Hall–Kier alpha value is -0.790. The second-order valence-electron chi connectivity index (χ2n) is 3.45. The Morgan fingerprint density at radius 2 is 2.18 bits per heavy atom. The summed E-state index contributed by atoms with van der Waals surface area (Å²) < 4.78 is 2.04. The fraction of sp³-hybridized carbons (Fsp3) is 0.667. The second kappa shape index (κ2) is 2.68. The summed E-state index contributed by atoms with van der Waals surface area (Å²) in [7, 11) is 2.03. The molecule has 0 saturated heterocycles. The van der Waals surface area contributed by atoms with Gasteiger partial charge in [0, 0.05) is 19.2 Å². The minimum atomic E-state index is 0.760. The van der Waals surface area contributed by atoms with Crippen molar-refractivity contribution in [2.75, 3.05) is 0 Å². The zero-order valence-electron chi connectivity index (χ0n) is 6.95. The molecule has 60 valence electrons. The highest BCUT2D eigenvalue weighted by atomic mass is 15.0. The predicted molar refractivity (Wildman–Crippen MR) is 44.4 cm³/mol. The van der Waals surface area contributed by atoms with Gasteiger partial charge in [-0.25, -0.2) is 4.98 Å². The normalized spacial score (nSPS) is 19.4. The number of rotatable bonds is 1. The van der Waals surface area contributed by atoms with Crippen LogP contribution in [0.15, 0.2) is 12.5 Å². The van der Waals surface area contributed by atoms with E-state index >= 15 is 0 Å². The van der Waals surface area contributed by atoms with Crippen molar-refractivity contribution in [1.82, 2.24) is 9.55 Å². The van der Waals surface area contributed by atoms with E-state index in [-0.39, 0.29) is 0 Å². The highest BCUT2D eigenvalue weighted by molar-refractivity contribution is 5.05. The van der Waals surface area contributed by atoms with Gasteiger partial charge in [0.25, 0.3) is 0 Å². The van der Waals surface area contributed by atoms with E-state index in [1.165, 1.54) is 31.4 Å². The van der Waals surface area contributed by atoms with Crippen molar-refractivity contribution in [3.8, 4) is 0 Å². The van der Waals surface area contributed by atoms with Crippen molar-refractivity contribution < 1.29 is 0 Å². The molecule has 0 atom stereocenters. The van der Waals surface area contributed by atoms with Gasteiger partial charge in [-0.05, 0) is 12.8 Å². The summed E-state index contributed by atoms with van der Waals surface area (Å²) in [6.07, 6.45) is 9.51. The van der Waals surface area contributed by atoms with Gasteiger partial charge in [-0.15, -0.1) is 0 Å². The van der Waals surface area contributed by atoms with E-state index in [9.17, 15) is 0 Å². The van der Waals surface area contributed by atoms with Crippen molar-refractivity contribution in [3.63, 3.8) is 0 Å². The first-order valence-electron chi connectivity index (χ1n) is 4.34. The largest absolute Gasteiger partial charge is 0.340 e. The number of nitrogens with zero attached hydrogens (tertiary/aromatic N) is 2. The molecule has 1 saturated carbocycles. The van der Waals surface area contributed by atoms with E-state index in [4.69, 9.17) is 0 Å². The molecule has 0 aromatic carbocycles. The Bertz CT molecular complexity index is 233. The van der Waals surface area contributed by atoms with Crippen LogP contribution in [0.1, 0.15) is 37.3 Å². The topological polar surface area (TPSA) is 17.8 Å². The van der Waals surface area contributed by atoms with Crippen molar-refractivity contribution in [1.29, 1.82) is 0 Å². The molecular weight excluding hydrogens is 136 g/mol. The highest BCUT2D eigenvalue weighted by Crippen LogP contribution is 2.32. The van der Waals surface area contributed by atoms with Crippen LogP contribution in [0.25, 0.3) is 0 Å². The van der Waals surface area contributed by atoms with Gasteiger partial charge >= 0.3 is 0 Å². The van der Waals surface area contributed by atoms with E-state index in [0.29, 0.717) is 0 Å². The lowest BCUT2D eigenvalue weighted by Crippen LogP contribution is -1.91. The van der Waals surface area contributed by atoms with Crippen LogP contribution in [0.2, 0.25) is 0 Å². The third kappa shape index (κ3) is 1.30. The van der Waals surface area contributed by atoms with Crippen molar-refractivity contribution in [3.05, 3.63) is 18.2 Å². The van der Waals surface area contributed by atoms with Crippen LogP contribution in [0.5, 0.6) is 0 Å². The number of aromatic nitrogens is 2. The maximum atomic E-state index is 4.36. The summed E-state index contributed by atoms with van der Waals surface area (Å²) in [6.45, 7) is 0. The quantitative estimate of drug-likeness (QED) is 0.599. The van der Waals surface area contributed by atoms with Crippen LogP contribution in [0, 0.1) is 0 Å². The first-order chi connectivity index (χ1) is 5.36. The summed E-state index contributed by atoms with van der Waals surface area (Å²) >= 11 is 0. The van der Waals surface area contributed by atoms with Gasteiger partial charge < -0.3 is 4.57 Å². The molecule has 11 heavy (non-hydrogen) atoms. The molecule has 0 N–H and O–H groups in total. The lowest BCUT2D eigenvalue weighted by atomic mass is 10.1. The van der Waals surface area contributed by atoms with Gasteiger partial charge in [0.1, 0.15) is 0 Å². The summed E-state index contributed by atoms with van der Waals surface area (Å²) in [5.41, 5.74) is 1.30. The Morgan fingerprint density at radius 1 is 1.45 bits per heavy atom. The molecule has 1 heterocycles. The maximum Gasteiger partial charge on any atom is 0.0946 e. The van der Waals surface area contributed by atoms with Gasteiger partial charge in [0.15, 0.2) is 0 Å². The summed E-state index contributed by atoms with van der Waals surface area (Å²) in [6, 6.07) is 0. The Kier molecular flexibility index (Phi) is 1.68. The lowest BCUT2D eigenvalue weighted by molar-refractivity contribution is 0.701. The SMILES string of the molecule is Cn1cnc(C2CCCC2)c1. The molecule has 0 amide bonds. The van der Waals surface area contributed by atoms with Crippen LogP contribution in [-0.4, -0.2) is 9.55 Å². The average molecular weight is 150 g/mol. The molecule has 1 aliphatic carbocycles. The minimum absolute atomic E-state index is 0.760. The fourth-order valence-electron chi connectivity index (χ4n) is 1.87. The van der Waals surface area contributed by atoms with Gasteiger partial charge in [0.2, 0.25) is 0 Å². The third-order valence-electron chi connectivity index (χ3n) is 2.50. The van der Waals surface area contributed by atoms with Gasteiger partial charge in [-0.3, -0.25) is 0 Å². The standard InChI is InChI=1S/C9H14N2/c1-11-6-9(10-7-11)8-4-2-3-5-8/h6-8H,2-5H2,1H3. The smallest absolute Gasteiger partial charge is 0.0946 e. The second-order valence-corrected chi connectivity index (χ2v) is 3.45. The zero-order valence-corrected chi connectivity index (χ0v) is 6.95. The van der Waals surface area contributed by atoms with Gasteiger partial charge in [-0.2, -0.15) is 0 Å².